The van der Waals surface area contributed by atoms with Crippen LogP contribution in [-0.4, -0.2) is 27.4 Å². The van der Waals surface area contributed by atoms with Crippen molar-refractivity contribution in [3.05, 3.63) is 34.9 Å². The lowest BCUT2D eigenvalue weighted by Gasteiger charge is -2.39. The molecule has 0 aromatic heterocycles. The van der Waals surface area contributed by atoms with Gasteiger partial charge in [-0.3, -0.25) is 0 Å². The van der Waals surface area contributed by atoms with Crippen molar-refractivity contribution in [2.24, 2.45) is 21.1 Å². The van der Waals surface area contributed by atoms with Crippen molar-refractivity contribution >= 4 is 28.8 Å². The molecule has 3 rings (SSSR count). The van der Waals surface area contributed by atoms with Gasteiger partial charge in [0.2, 0.25) is 0 Å². The van der Waals surface area contributed by atoms with Crippen LogP contribution < -0.4 is 0 Å². The Morgan fingerprint density at radius 2 is 2.27 bits per heavy atom. The Bertz CT molecular complexity index is 631. The Hall–Kier alpha value is -0.710. The molecule has 2 aliphatic carbocycles. The Balaban J connectivity index is 1.74. The number of fused-ring (bicyclic) bond motifs is 2. The van der Waals surface area contributed by atoms with Crippen LogP contribution in [0.1, 0.15) is 38.7 Å². The normalized spacial score (nSPS) is 34.4. The van der Waals surface area contributed by atoms with Crippen molar-refractivity contribution in [2.75, 3.05) is 5.75 Å². The van der Waals surface area contributed by atoms with Gasteiger partial charge in [0.25, 0.3) is 0 Å². The van der Waals surface area contributed by atoms with Crippen LogP contribution in [0.15, 0.2) is 28.7 Å². The first-order chi connectivity index (χ1) is 10.3. The lowest BCUT2D eigenvalue weighted by molar-refractivity contribution is 0.0161. The van der Waals surface area contributed by atoms with E-state index in [9.17, 15) is 9.32 Å². The van der Waals surface area contributed by atoms with Gasteiger partial charge < -0.3 is 5.11 Å². The maximum atomic E-state index is 12.4. The van der Waals surface area contributed by atoms with Crippen LogP contribution >= 0.6 is 11.6 Å². The van der Waals surface area contributed by atoms with Gasteiger partial charge in [-0.25, -0.2) is 4.21 Å². The summed E-state index contributed by atoms with van der Waals surface area (Å²) in [4.78, 5) is 0. The molecule has 1 N–H and O–H groups in total. The highest BCUT2D eigenvalue weighted by atomic mass is 35.5. The SMILES string of the molecule is CC1(C)[C@@H]2CC[C@@]1(CS(=O)/N=C/c1cccc(Cl)c1)[C@H](O)C2. The topological polar surface area (TPSA) is 49.7 Å². The number of nitrogens with zero attached hydrogens (tertiary/aromatic N) is 1. The van der Waals surface area contributed by atoms with Crippen molar-refractivity contribution in [2.45, 2.75) is 39.2 Å². The minimum absolute atomic E-state index is 0.0354. The zero-order chi connectivity index (χ0) is 16.0. The number of benzene rings is 1. The molecule has 0 radical (unpaired) electrons. The molecule has 3 nitrogen and oxygen atoms in total. The number of halogens is 1. The van der Waals surface area contributed by atoms with Gasteiger partial charge in [0.15, 0.2) is 0 Å². The molecule has 120 valence electrons. The molecular weight excluding hydrogens is 318 g/mol. The smallest absolute Gasteiger partial charge is 0.140 e. The van der Waals surface area contributed by atoms with E-state index in [-0.39, 0.29) is 16.9 Å². The van der Waals surface area contributed by atoms with Gasteiger partial charge in [-0.2, -0.15) is 4.40 Å². The second-order valence-electron chi connectivity index (χ2n) is 7.12. The van der Waals surface area contributed by atoms with E-state index in [1.807, 2.05) is 12.1 Å². The monoisotopic (exact) mass is 339 g/mol. The fraction of sp³-hybridized carbons (Fsp3) is 0.588. The molecule has 5 heteroatoms. The van der Waals surface area contributed by atoms with E-state index < -0.39 is 11.0 Å². The molecule has 0 amide bonds. The van der Waals surface area contributed by atoms with E-state index in [2.05, 4.69) is 18.2 Å². The fourth-order valence-electron chi connectivity index (χ4n) is 4.34. The highest BCUT2D eigenvalue weighted by Crippen LogP contribution is 2.65. The molecular formula is C17H22ClNO2S. The summed E-state index contributed by atoms with van der Waals surface area (Å²) in [6.07, 6.45) is 4.16. The zero-order valence-corrected chi connectivity index (χ0v) is 14.5. The minimum Gasteiger partial charge on any atom is -0.392 e. The first kappa shape index (κ1) is 16.2. The molecule has 0 heterocycles. The standard InChI is InChI=1S/C17H22ClNO2S/c1-16(2)13-6-7-17(16,15(20)9-13)11-22(21)19-10-12-4-3-5-14(18)8-12/h3-5,8,10,13,15,20H,6-7,9,11H2,1-2H3/b19-10+/t13-,15-,17-,22?/m1/s1. The maximum absolute atomic E-state index is 12.4. The Morgan fingerprint density at radius 1 is 1.50 bits per heavy atom. The van der Waals surface area contributed by atoms with Crippen LogP contribution in [-0.2, 0) is 11.0 Å². The molecule has 22 heavy (non-hydrogen) atoms. The van der Waals surface area contributed by atoms with Gasteiger partial charge in [0.1, 0.15) is 11.0 Å². The Kier molecular flexibility index (Phi) is 4.21. The summed E-state index contributed by atoms with van der Waals surface area (Å²) >= 11 is 5.93. The Labute approximate surface area is 139 Å². The quantitative estimate of drug-likeness (QED) is 0.852. The van der Waals surface area contributed by atoms with Crippen molar-refractivity contribution in [1.82, 2.24) is 0 Å². The van der Waals surface area contributed by atoms with Crippen molar-refractivity contribution < 1.29 is 9.32 Å². The molecule has 2 fully saturated rings. The van der Waals surface area contributed by atoms with E-state index in [1.165, 1.54) is 0 Å². The van der Waals surface area contributed by atoms with E-state index in [0.717, 1.165) is 24.8 Å². The summed E-state index contributed by atoms with van der Waals surface area (Å²) < 4.78 is 16.6. The fourth-order valence-corrected chi connectivity index (χ4v) is 6.01. The van der Waals surface area contributed by atoms with Crippen LogP contribution in [0, 0.1) is 16.7 Å². The second-order valence-corrected chi connectivity index (χ2v) is 8.70. The molecule has 1 aromatic rings. The number of rotatable bonds is 4. The summed E-state index contributed by atoms with van der Waals surface area (Å²) in [5.41, 5.74) is 0.621. The molecule has 4 atom stereocenters. The van der Waals surface area contributed by atoms with Gasteiger partial charge in [-0.15, -0.1) is 0 Å². The van der Waals surface area contributed by atoms with Gasteiger partial charge in [0.05, 0.1) is 11.9 Å². The summed E-state index contributed by atoms with van der Waals surface area (Å²) in [6.45, 7) is 4.41. The predicted molar refractivity (Wildman–Crippen MR) is 91.6 cm³/mol. The molecule has 0 saturated heterocycles. The third-order valence-corrected chi connectivity index (χ3v) is 7.28. The second kappa shape index (κ2) is 5.73. The van der Waals surface area contributed by atoms with Crippen LogP contribution in [0.25, 0.3) is 0 Å². The highest BCUT2D eigenvalue weighted by Gasteiger charge is 2.64. The summed E-state index contributed by atoms with van der Waals surface area (Å²) in [5.74, 6) is 0.978. The van der Waals surface area contributed by atoms with Crippen LogP contribution in [0.3, 0.4) is 0 Å². The van der Waals surface area contributed by atoms with E-state index in [0.29, 0.717) is 16.7 Å². The first-order valence-corrected chi connectivity index (χ1v) is 9.37. The third kappa shape index (κ3) is 2.55. The number of hydrogen-bond acceptors (Lipinski definition) is 2. The molecule has 2 aliphatic rings. The highest BCUT2D eigenvalue weighted by molar-refractivity contribution is 7.83. The van der Waals surface area contributed by atoms with Gasteiger partial charge in [0, 0.05) is 16.7 Å². The third-order valence-electron chi connectivity index (χ3n) is 5.94. The average molecular weight is 340 g/mol. The summed E-state index contributed by atoms with van der Waals surface area (Å²) in [7, 11) is -1.33. The molecule has 0 spiro atoms. The van der Waals surface area contributed by atoms with E-state index in [1.54, 1.807) is 18.3 Å². The van der Waals surface area contributed by atoms with Gasteiger partial charge in [-0.1, -0.05) is 37.6 Å². The Morgan fingerprint density at radius 3 is 2.86 bits per heavy atom. The average Bonchev–Trinajstić information content (AvgIpc) is 2.79. The number of aliphatic hydroxyl groups excluding tert-OH is 1. The maximum Gasteiger partial charge on any atom is 0.140 e. The molecule has 0 aliphatic heterocycles. The van der Waals surface area contributed by atoms with Gasteiger partial charge >= 0.3 is 0 Å². The molecule has 1 aromatic carbocycles. The van der Waals surface area contributed by atoms with Gasteiger partial charge in [-0.05, 0) is 48.3 Å². The zero-order valence-electron chi connectivity index (χ0n) is 13.0. The minimum atomic E-state index is -1.33. The van der Waals surface area contributed by atoms with Crippen LogP contribution in [0.4, 0.5) is 0 Å². The van der Waals surface area contributed by atoms with Crippen molar-refractivity contribution in [3.8, 4) is 0 Å². The van der Waals surface area contributed by atoms with Crippen molar-refractivity contribution in [3.63, 3.8) is 0 Å². The molecule has 1 unspecified atom stereocenters. The van der Waals surface area contributed by atoms with Crippen molar-refractivity contribution in [1.29, 1.82) is 0 Å². The lowest BCUT2D eigenvalue weighted by atomic mass is 9.70. The molecule has 2 saturated carbocycles. The summed E-state index contributed by atoms with van der Waals surface area (Å²) in [5, 5.41) is 11.1. The summed E-state index contributed by atoms with van der Waals surface area (Å²) in [6, 6.07) is 7.31. The van der Waals surface area contributed by atoms with Crippen LogP contribution in [0.5, 0.6) is 0 Å². The molecule has 2 bridgehead atoms. The predicted octanol–water partition coefficient (Wildman–Crippen LogP) is 3.61. The number of hydrogen-bond donors (Lipinski definition) is 1. The van der Waals surface area contributed by atoms with E-state index >= 15 is 0 Å². The lowest BCUT2D eigenvalue weighted by Crippen LogP contribution is -2.43. The van der Waals surface area contributed by atoms with E-state index in [4.69, 9.17) is 11.6 Å². The van der Waals surface area contributed by atoms with Crippen LogP contribution in [0.2, 0.25) is 5.02 Å². The largest absolute Gasteiger partial charge is 0.392 e. The first-order valence-electron chi connectivity index (χ1n) is 7.71. The number of aliphatic hydroxyl groups is 1.